The van der Waals surface area contributed by atoms with Gasteiger partial charge in [-0.3, -0.25) is 9.42 Å². The molecule has 6 atom stereocenters. The Kier molecular flexibility index (Phi) is 7.55. The van der Waals surface area contributed by atoms with Crippen LogP contribution in [-0.4, -0.2) is 72.7 Å². The van der Waals surface area contributed by atoms with E-state index < -0.39 is 66.6 Å². The molecule has 0 bridgehead atoms. The van der Waals surface area contributed by atoms with Gasteiger partial charge in [-0.2, -0.15) is 8.62 Å². The predicted molar refractivity (Wildman–Crippen MR) is 93.0 cm³/mol. The number of hydrogen-bond donors (Lipinski definition) is 6. The Balaban J connectivity index is 2.21. The summed E-state index contributed by atoms with van der Waals surface area (Å²) in [6, 6.07) is -1.16. The zero-order valence-corrected chi connectivity index (χ0v) is 18.0. The zero-order chi connectivity index (χ0) is 24.8. The lowest BCUT2D eigenvalue weighted by Crippen LogP contribution is -2.56. The van der Waals surface area contributed by atoms with Gasteiger partial charge in [-0.1, -0.05) is 6.58 Å². The smallest absolute Gasteiger partial charge is 0.383 e. The van der Waals surface area contributed by atoms with Gasteiger partial charge in [0.05, 0.1) is 0 Å². The molecule has 6 N–H and O–H groups in total. The fraction of sp³-hybridized carbons (Fsp3) is 0.545. The second-order valence-corrected chi connectivity index (χ2v) is 10.7. The maximum absolute atomic E-state index is 15.1. The van der Waals surface area contributed by atoms with Crippen molar-refractivity contribution in [1.29, 1.82) is 0 Å². The highest BCUT2D eigenvalue weighted by Crippen LogP contribution is 2.66. The van der Waals surface area contributed by atoms with E-state index in [1.165, 1.54) is 0 Å². The van der Waals surface area contributed by atoms with Crippen LogP contribution in [0.1, 0.15) is 0 Å². The van der Waals surface area contributed by atoms with Gasteiger partial charge in [0, 0.05) is 11.9 Å². The summed E-state index contributed by atoms with van der Waals surface area (Å²) in [7, 11) is -17.5. The Morgan fingerprint density at radius 1 is 1.19 bits per heavy atom. The number of halogens is 3. The second-order valence-electron chi connectivity index (χ2n) is 6.26. The van der Waals surface area contributed by atoms with Crippen LogP contribution in [0.25, 0.3) is 0 Å². The first kappa shape index (κ1) is 27.1. The lowest BCUT2D eigenvalue weighted by Gasteiger charge is -2.33. The number of carbonyl (C=O) groups excluding carboxylic acids is 1. The molecule has 2 aliphatic heterocycles. The maximum atomic E-state index is 15.1. The third kappa shape index (κ3) is 6.05. The molecule has 3 unspecified atom stereocenters. The molecule has 0 radical (unpaired) electrons. The van der Waals surface area contributed by atoms with Gasteiger partial charge in [0.25, 0.3) is 5.85 Å². The number of ether oxygens (including phenoxy) is 1. The molecule has 15 nitrogen and oxygen atoms in total. The van der Waals surface area contributed by atoms with E-state index in [2.05, 4.69) is 29.8 Å². The van der Waals surface area contributed by atoms with E-state index in [-0.39, 0.29) is 5.70 Å². The summed E-state index contributed by atoms with van der Waals surface area (Å²) in [6.45, 7) is -0.704. The standard InChI is InChI=1S/C11H16F3N2O13P3/c1-6-2-3-16(9(18)15-6)8-10(13,4-12)7(17)11(14,27-8)5-26-31(22,23)29-32(24,25)28-30(19,20)21/h2-3,7-8,17H,1,4-5H2,(H,15,18)(H,22,23)(H,24,25)(H2,19,20,21)/t7?,8-,10-,11-/m1/s1. The molecule has 1 saturated heterocycles. The van der Waals surface area contributed by atoms with Gasteiger partial charge in [-0.15, -0.1) is 0 Å². The molecule has 0 spiro atoms. The summed E-state index contributed by atoms with van der Waals surface area (Å²) < 4.78 is 92.4. The highest BCUT2D eigenvalue weighted by atomic mass is 31.3. The lowest BCUT2D eigenvalue weighted by atomic mass is 9.96. The van der Waals surface area contributed by atoms with Crippen LogP contribution < -0.4 is 5.32 Å². The van der Waals surface area contributed by atoms with Gasteiger partial charge in [-0.05, 0) is 6.08 Å². The Hall–Kier alpha value is -1.13. The van der Waals surface area contributed by atoms with Crippen LogP contribution >= 0.6 is 23.5 Å². The van der Waals surface area contributed by atoms with Gasteiger partial charge < -0.3 is 34.7 Å². The van der Waals surface area contributed by atoms with Gasteiger partial charge >= 0.3 is 29.5 Å². The Morgan fingerprint density at radius 2 is 1.78 bits per heavy atom. The van der Waals surface area contributed by atoms with Crippen LogP contribution in [0.3, 0.4) is 0 Å². The number of allylic oxidation sites excluding steroid dienone is 1. The predicted octanol–water partition coefficient (Wildman–Crippen LogP) is 0.443. The number of amides is 2. The van der Waals surface area contributed by atoms with E-state index in [4.69, 9.17) is 14.7 Å². The highest BCUT2D eigenvalue weighted by Gasteiger charge is 2.69. The topological polar surface area (TPSA) is 222 Å². The minimum Gasteiger partial charge on any atom is -0.383 e. The van der Waals surface area contributed by atoms with E-state index in [0.29, 0.717) is 4.90 Å². The number of urea groups is 1. The van der Waals surface area contributed by atoms with Crippen molar-refractivity contribution < 1.29 is 74.2 Å². The van der Waals surface area contributed by atoms with Gasteiger partial charge in [0.2, 0.25) is 5.67 Å². The minimum absolute atomic E-state index is 0.0219. The summed E-state index contributed by atoms with van der Waals surface area (Å²) in [5.41, 5.74) is -3.61. The van der Waals surface area contributed by atoms with Crippen LogP contribution in [0.5, 0.6) is 0 Å². The van der Waals surface area contributed by atoms with Crippen molar-refractivity contribution in [1.82, 2.24) is 10.2 Å². The van der Waals surface area contributed by atoms with Gasteiger partial charge in [-0.25, -0.2) is 31.7 Å². The Bertz CT molecular complexity index is 961. The van der Waals surface area contributed by atoms with Crippen molar-refractivity contribution in [3.05, 3.63) is 24.6 Å². The number of phosphoric ester groups is 1. The number of rotatable bonds is 9. The molecule has 2 rings (SSSR count). The van der Waals surface area contributed by atoms with Crippen molar-refractivity contribution in [2.45, 2.75) is 23.9 Å². The van der Waals surface area contributed by atoms with Crippen molar-refractivity contribution in [3.8, 4) is 0 Å². The number of hydrogen-bond acceptors (Lipinski definition) is 9. The lowest BCUT2D eigenvalue weighted by molar-refractivity contribution is -0.205. The molecule has 0 aromatic rings. The molecular formula is C11H16F3N2O13P3. The van der Waals surface area contributed by atoms with Crippen LogP contribution in [0.4, 0.5) is 18.0 Å². The van der Waals surface area contributed by atoms with E-state index in [1.54, 1.807) is 0 Å². The Labute approximate surface area is 176 Å². The average molecular weight is 534 g/mol. The summed E-state index contributed by atoms with van der Waals surface area (Å²) in [5, 5.41) is 12.0. The molecule has 2 aliphatic rings. The third-order valence-electron chi connectivity index (χ3n) is 3.82. The molecule has 2 heterocycles. The van der Waals surface area contributed by atoms with Gasteiger partial charge in [0.1, 0.15) is 13.3 Å². The summed E-state index contributed by atoms with van der Waals surface area (Å²) in [4.78, 5) is 47.5. The van der Waals surface area contributed by atoms with E-state index >= 15 is 8.78 Å². The SMILES string of the molecule is C=C1C=CN([C@@H]2O[C@](F)(COP(=O)(O)OP(=O)(O)OP(=O)(O)O)C(O)[C@]2(F)CF)C(=O)N1. The van der Waals surface area contributed by atoms with Gasteiger partial charge in [0.15, 0.2) is 12.3 Å². The third-order valence-corrected chi connectivity index (χ3v) is 7.60. The summed E-state index contributed by atoms with van der Waals surface area (Å²) >= 11 is 0. The highest BCUT2D eigenvalue weighted by molar-refractivity contribution is 7.66. The van der Waals surface area contributed by atoms with Crippen LogP contribution in [0.2, 0.25) is 0 Å². The largest absolute Gasteiger partial charge is 0.490 e. The molecule has 32 heavy (non-hydrogen) atoms. The molecule has 21 heteroatoms. The molecule has 0 aromatic carbocycles. The number of aliphatic hydroxyl groups excluding tert-OH is 1. The van der Waals surface area contributed by atoms with Crippen LogP contribution in [0, 0.1) is 0 Å². The number of nitrogens with zero attached hydrogens (tertiary/aromatic N) is 1. The first-order valence-electron chi connectivity index (χ1n) is 7.89. The van der Waals surface area contributed by atoms with E-state index in [0.717, 1.165) is 12.3 Å². The molecule has 184 valence electrons. The first-order valence-corrected chi connectivity index (χ1v) is 12.4. The first-order chi connectivity index (χ1) is 14.3. The van der Waals surface area contributed by atoms with Crippen molar-refractivity contribution >= 4 is 29.5 Å². The number of aliphatic hydroxyl groups is 1. The fourth-order valence-electron chi connectivity index (χ4n) is 2.52. The maximum Gasteiger partial charge on any atom is 0.490 e. The monoisotopic (exact) mass is 534 g/mol. The van der Waals surface area contributed by atoms with Crippen molar-refractivity contribution in [2.75, 3.05) is 13.3 Å². The normalized spacial score (nSPS) is 34.8. The van der Waals surface area contributed by atoms with Crippen molar-refractivity contribution in [2.24, 2.45) is 0 Å². The van der Waals surface area contributed by atoms with Crippen LogP contribution in [-0.2, 0) is 31.6 Å². The summed E-state index contributed by atoms with van der Waals surface area (Å²) in [5.74, 6) is -3.83. The van der Waals surface area contributed by atoms with Crippen molar-refractivity contribution in [3.63, 3.8) is 0 Å². The molecular weight excluding hydrogens is 518 g/mol. The minimum atomic E-state index is -5.95. The van der Waals surface area contributed by atoms with E-state index in [1.807, 2.05) is 0 Å². The van der Waals surface area contributed by atoms with Crippen LogP contribution in [0.15, 0.2) is 24.6 Å². The number of phosphoric acid groups is 3. The fourth-order valence-corrected chi connectivity index (χ4v) is 5.55. The molecule has 0 saturated carbocycles. The molecule has 0 aromatic heterocycles. The molecule has 2 amide bonds. The quantitative estimate of drug-likeness (QED) is 0.221. The van der Waals surface area contributed by atoms with E-state index in [9.17, 15) is 32.9 Å². The zero-order valence-electron chi connectivity index (χ0n) is 15.4. The molecule has 1 fully saturated rings. The average Bonchev–Trinajstić information content (AvgIpc) is 2.80. The number of carbonyl (C=O) groups is 1. The number of alkyl halides is 3. The molecule has 0 aliphatic carbocycles. The second kappa shape index (κ2) is 8.91. The summed E-state index contributed by atoms with van der Waals surface area (Å²) in [6.07, 6.45) is -3.65. The Morgan fingerprint density at radius 3 is 2.28 bits per heavy atom. The number of nitrogens with one attached hydrogen (secondary N) is 1.